The van der Waals surface area contributed by atoms with E-state index in [0.717, 1.165) is 12.8 Å². The fourth-order valence-corrected chi connectivity index (χ4v) is 2.07. The molecule has 12 heavy (non-hydrogen) atoms. The fraction of sp³-hybridized carbons (Fsp3) is 0.750. The monoisotopic (exact) mass is 167 g/mol. The Labute approximate surface area is 71.4 Å². The predicted octanol–water partition coefficient (Wildman–Crippen LogP) is -0.140. The Morgan fingerprint density at radius 2 is 2.25 bits per heavy atom. The second-order valence-electron chi connectivity index (χ2n) is 3.75. The number of nitrogens with one attached hydrogen (secondary N) is 2. The molecule has 4 nitrogen and oxygen atoms in total. The van der Waals surface area contributed by atoms with Crippen LogP contribution in [0.4, 0.5) is 0 Å². The first-order chi connectivity index (χ1) is 5.66. The van der Waals surface area contributed by atoms with E-state index in [1.165, 1.54) is 0 Å². The van der Waals surface area contributed by atoms with Gasteiger partial charge >= 0.3 is 0 Å². The van der Waals surface area contributed by atoms with E-state index in [4.69, 9.17) is 0 Å². The Bertz CT molecular complexity index is 253. The van der Waals surface area contributed by atoms with Crippen LogP contribution >= 0.6 is 0 Å². The van der Waals surface area contributed by atoms with E-state index in [1.807, 2.05) is 0 Å². The van der Waals surface area contributed by atoms with Crippen molar-refractivity contribution in [2.45, 2.75) is 25.3 Å². The van der Waals surface area contributed by atoms with E-state index >= 15 is 0 Å². The van der Waals surface area contributed by atoms with Crippen molar-refractivity contribution >= 4 is 11.9 Å². The molecular formula is C8H13N3O. The zero-order chi connectivity index (χ0) is 8.77. The van der Waals surface area contributed by atoms with E-state index in [9.17, 15) is 4.79 Å². The number of hydrogen-bond donors (Lipinski definition) is 2. The van der Waals surface area contributed by atoms with Gasteiger partial charge in [-0.3, -0.25) is 15.1 Å². The molecule has 0 atom stereocenters. The molecule has 2 aliphatic rings. The SMILES string of the molecule is CN=C1NC(=O)C2(CC(C)C2)N1. The van der Waals surface area contributed by atoms with Gasteiger partial charge in [0.15, 0.2) is 5.96 Å². The maximum Gasteiger partial charge on any atom is 0.252 e. The molecule has 1 heterocycles. The summed E-state index contributed by atoms with van der Waals surface area (Å²) < 4.78 is 0. The molecule has 0 aromatic rings. The summed E-state index contributed by atoms with van der Waals surface area (Å²) in [4.78, 5) is 15.4. The molecule has 0 aromatic heterocycles. The van der Waals surface area contributed by atoms with Crippen LogP contribution in [0.25, 0.3) is 0 Å². The summed E-state index contributed by atoms with van der Waals surface area (Å²) >= 11 is 0. The quantitative estimate of drug-likeness (QED) is 0.527. The molecule has 1 saturated carbocycles. The third kappa shape index (κ3) is 0.838. The predicted molar refractivity (Wildman–Crippen MR) is 45.8 cm³/mol. The van der Waals surface area contributed by atoms with Gasteiger partial charge in [0.05, 0.1) is 0 Å². The molecule has 1 saturated heterocycles. The number of amides is 1. The van der Waals surface area contributed by atoms with Crippen molar-refractivity contribution in [3.8, 4) is 0 Å². The van der Waals surface area contributed by atoms with Crippen molar-refractivity contribution in [3.63, 3.8) is 0 Å². The normalized spacial score (nSPS) is 42.7. The number of rotatable bonds is 0. The Morgan fingerprint density at radius 3 is 2.67 bits per heavy atom. The van der Waals surface area contributed by atoms with Crippen molar-refractivity contribution in [2.75, 3.05) is 7.05 Å². The van der Waals surface area contributed by atoms with Crippen LogP contribution in [0, 0.1) is 5.92 Å². The largest absolute Gasteiger partial charge is 0.342 e. The number of hydrogen-bond acceptors (Lipinski definition) is 2. The first-order valence-corrected chi connectivity index (χ1v) is 4.23. The zero-order valence-corrected chi connectivity index (χ0v) is 7.35. The van der Waals surface area contributed by atoms with Crippen LogP contribution in [0.5, 0.6) is 0 Å². The topological polar surface area (TPSA) is 53.5 Å². The lowest BCUT2D eigenvalue weighted by Gasteiger charge is -2.40. The molecule has 0 unspecified atom stereocenters. The molecule has 1 spiro atoms. The maximum absolute atomic E-state index is 11.4. The summed E-state index contributed by atoms with van der Waals surface area (Å²) in [5.74, 6) is 1.35. The summed E-state index contributed by atoms with van der Waals surface area (Å²) in [6.45, 7) is 2.15. The molecule has 0 radical (unpaired) electrons. The summed E-state index contributed by atoms with van der Waals surface area (Å²) in [5, 5.41) is 5.84. The minimum atomic E-state index is -0.311. The summed E-state index contributed by atoms with van der Waals surface area (Å²) in [7, 11) is 1.67. The Balaban J connectivity index is 2.15. The lowest BCUT2D eigenvalue weighted by Crippen LogP contribution is -2.56. The van der Waals surface area contributed by atoms with Gasteiger partial charge in [-0.15, -0.1) is 0 Å². The highest BCUT2D eigenvalue weighted by Gasteiger charge is 2.52. The van der Waals surface area contributed by atoms with Gasteiger partial charge < -0.3 is 5.32 Å². The highest BCUT2D eigenvalue weighted by Crippen LogP contribution is 2.39. The Kier molecular flexibility index (Phi) is 1.40. The van der Waals surface area contributed by atoms with Gasteiger partial charge in [0.1, 0.15) is 5.54 Å². The average molecular weight is 167 g/mol. The second kappa shape index (κ2) is 2.21. The van der Waals surface area contributed by atoms with Crippen molar-refractivity contribution in [3.05, 3.63) is 0 Å². The third-order valence-corrected chi connectivity index (χ3v) is 2.64. The molecule has 2 N–H and O–H groups in total. The van der Waals surface area contributed by atoms with E-state index in [2.05, 4.69) is 22.5 Å². The first-order valence-electron chi connectivity index (χ1n) is 4.23. The van der Waals surface area contributed by atoms with Crippen LogP contribution in [0.1, 0.15) is 19.8 Å². The molecule has 1 amide bonds. The molecular weight excluding hydrogens is 154 g/mol. The fourth-order valence-electron chi connectivity index (χ4n) is 2.07. The minimum Gasteiger partial charge on any atom is -0.342 e. The Hall–Kier alpha value is -1.06. The lowest BCUT2D eigenvalue weighted by atomic mass is 9.69. The molecule has 2 fully saturated rings. The summed E-state index contributed by atoms with van der Waals surface area (Å²) in [6, 6.07) is 0. The number of aliphatic imine (C=N–C) groups is 1. The van der Waals surface area contributed by atoms with Gasteiger partial charge in [-0.05, 0) is 18.8 Å². The highest BCUT2D eigenvalue weighted by molar-refractivity contribution is 6.09. The maximum atomic E-state index is 11.4. The van der Waals surface area contributed by atoms with Gasteiger partial charge in [0.2, 0.25) is 0 Å². The van der Waals surface area contributed by atoms with Crippen LogP contribution in [-0.2, 0) is 4.79 Å². The molecule has 1 aliphatic heterocycles. The number of carbonyl (C=O) groups excluding carboxylic acids is 1. The standard InChI is InChI=1S/C8H13N3O/c1-5-3-8(4-5)6(12)10-7(9-2)11-8/h5H,3-4H2,1-2H3,(H2,9,10,11,12). The van der Waals surface area contributed by atoms with E-state index in [0.29, 0.717) is 11.9 Å². The van der Waals surface area contributed by atoms with Crippen LogP contribution in [0.3, 0.4) is 0 Å². The van der Waals surface area contributed by atoms with Gasteiger partial charge in [-0.25, -0.2) is 0 Å². The number of nitrogens with zero attached hydrogens (tertiary/aromatic N) is 1. The van der Waals surface area contributed by atoms with E-state index < -0.39 is 0 Å². The van der Waals surface area contributed by atoms with Crippen LogP contribution in [-0.4, -0.2) is 24.5 Å². The minimum absolute atomic E-state index is 0.0844. The highest BCUT2D eigenvalue weighted by atomic mass is 16.2. The molecule has 66 valence electrons. The van der Waals surface area contributed by atoms with E-state index in [1.54, 1.807) is 7.05 Å². The lowest BCUT2D eigenvalue weighted by molar-refractivity contribution is -0.128. The average Bonchev–Trinajstić information content (AvgIpc) is 2.28. The zero-order valence-electron chi connectivity index (χ0n) is 7.35. The summed E-state index contributed by atoms with van der Waals surface area (Å²) in [6.07, 6.45) is 1.86. The smallest absolute Gasteiger partial charge is 0.252 e. The molecule has 0 bridgehead atoms. The molecule has 1 aliphatic carbocycles. The van der Waals surface area contributed by atoms with Crippen molar-refractivity contribution in [2.24, 2.45) is 10.9 Å². The first kappa shape index (κ1) is 7.58. The molecule has 0 aromatic carbocycles. The number of guanidine groups is 1. The van der Waals surface area contributed by atoms with Gasteiger partial charge in [0.25, 0.3) is 5.91 Å². The van der Waals surface area contributed by atoms with Gasteiger partial charge in [-0.1, -0.05) is 6.92 Å². The van der Waals surface area contributed by atoms with Crippen LogP contribution in [0.2, 0.25) is 0 Å². The second-order valence-corrected chi connectivity index (χ2v) is 3.75. The van der Waals surface area contributed by atoms with E-state index in [-0.39, 0.29) is 11.4 Å². The van der Waals surface area contributed by atoms with Gasteiger partial charge in [0, 0.05) is 7.05 Å². The Morgan fingerprint density at radius 1 is 1.58 bits per heavy atom. The van der Waals surface area contributed by atoms with Gasteiger partial charge in [-0.2, -0.15) is 0 Å². The molecule has 2 rings (SSSR count). The van der Waals surface area contributed by atoms with Crippen molar-refractivity contribution in [1.82, 2.24) is 10.6 Å². The van der Waals surface area contributed by atoms with Crippen LogP contribution < -0.4 is 10.6 Å². The third-order valence-electron chi connectivity index (χ3n) is 2.64. The van der Waals surface area contributed by atoms with Crippen LogP contribution in [0.15, 0.2) is 4.99 Å². The summed E-state index contributed by atoms with van der Waals surface area (Å²) in [5.41, 5.74) is -0.311. The van der Waals surface area contributed by atoms with Crippen molar-refractivity contribution < 1.29 is 4.79 Å². The van der Waals surface area contributed by atoms with Crippen molar-refractivity contribution in [1.29, 1.82) is 0 Å². The molecule has 4 heteroatoms. The number of carbonyl (C=O) groups is 1.